The smallest absolute Gasteiger partial charge is 0.354 e. The molecule has 738 valence electrons. The van der Waals surface area contributed by atoms with Gasteiger partial charge >= 0.3 is 166 Å². The van der Waals surface area contributed by atoms with E-state index in [-0.39, 0.29) is 64.2 Å². The molecule has 18 N–H and O–H groups in total. The van der Waals surface area contributed by atoms with Crippen LogP contribution >= 0.6 is 0 Å². The highest BCUT2D eigenvalue weighted by atomic mass is 32.3. The molecule has 0 spiro atoms. The molecule has 0 aliphatic carbocycles. The summed E-state index contributed by atoms with van der Waals surface area (Å²) < 4.78 is 628. The molecular formula is C36H68N2O70S16. The Labute approximate surface area is 701 Å². The summed E-state index contributed by atoms with van der Waals surface area (Å²) in [6, 6.07) is 0. The molecule has 2 rings (SSSR count). The van der Waals surface area contributed by atoms with E-state index in [4.69, 9.17) is 18.9 Å². The summed E-state index contributed by atoms with van der Waals surface area (Å²) in [5.41, 5.74) is 0. The van der Waals surface area contributed by atoms with E-state index in [1.165, 1.54) is 0 Å². The molecule has 2 heterocycles. The zero-order valence-corrected chi connectivity index (χ0v) is 72.5. The van der Waals surface area contributed by atoms with Crippen LogP contribution in [-0.2, 0) is 262 Å². The molecule has 0 aromatic carbocycles. The summed E-state index contributed by atoms with van der Waals surface area (Å²) >= 11 is 0. The molecule has 0 unspecified atom stereocenters. The van der Waals surface area contributed by atoms with Gasteiger partial charge in [-0.1, -0.05) is 51.4 Å². The van der Waals surface area contributed by atoms with Crippen LogP contribution in [0.1, 0.15) is 64.2 Å². The van der Waals surface area contributed by atoms with E-state index in [1.807, 2.05) is 0 Å². The van der Waals surface area contributed by atoms with E-state index >= 15 is 0 Å². The number of unbranched alkanes of at least 4 members (excludes halogenated alkanes) is 9. The number of hydrogen-bond donors (Lipinski definition) is 18. The fourth-order valence-electron chi connectivity index (χ4n) is 9.97. The van der Waals surface area contributed by atoms with E-state index in [2.05, 4.69) is 66.9 Å². The summed E-state index contributed by atoms with van der Waals surface area (Å²) in [5.74, 6) is -4.55. The minimum atomic E-state index is -6.66. The van der Waals surface area contributed by atoms with Gasteiger partial charge in [-0.05, 0) is 12.8 Å². The second-order valence-electron chi connectivity index (χ2n) is 23.2. The zero-order chi connectivity index (χ0) is 96.4. The Kier molecular flexibility index (Phi) is 43.7. The molecule has 2 fully saturated rings. The van der Waals surface area contributed by atoms with Crippen LogP contribution in [0.2, 0.25) is 0 Å². The van der Waals surface area contributed by atoms with Crippen LogP contribution in [0.4, 0.5) is 0 Å². The van der Waals surface area contributed by atoms with E-state index in [0.29, 0.717) is 0 Å². The van der Waals surface area contributed by atoms with Gasteiger partial charge in [0.05, 0.1) is 26.4 Å². The number of ether oxygens (including phenoxy) is 4. The van der Waals surface area contributed by atoms with Crippen molar-refractivity contribution in [3.63, 3.8) is 0 Å². The molecule has 72 nitrogen and oxygen atoms in total. The Bertz CT molecular complexity index is 5210. The Balaban J connectivity index is 2.63. The Morgan fingerprint density at radius 1 is 0.250 bits per heavy atom. The van der Waals surface area contributed by atoms with Gasteiger partial charge in [0.1, 0.15) is 73.2 Å². The standard InChI is InChI=1S/C36H68N2O70S16/c39-33(29(105-121(77,78)79)25(101-117(65,66)67)21(19(97-113(53,54)55)15-91-111(47,48)49)95-35-31(107-123(83,84)85)27(103-119(71,72)73)23(99-115(59,60)61)17(93-35)13-89-109(41,42)43)37-11-9-7-5-3-1-2-4-6-8-10-12-38-34(40)30(106-122(80,81)82)26(102-118(68,69)70)22(20(98-114(56,57)58)16-92-112(50,51)52)96-36-32(108-124(86,87)88)28(104-120(74,75)76)24(100-116(62,63)64)18(94-36)14-90-110(44,45)46/h17-32,35-36H,1-16H2,(H,37,39)(H,38,40)(H,41,42,43)(H,44,45,46)(H,47,48,49)(H,50,51,52)(H,53,54,55)(H,56,57,58)(H,59,60,61)(H,62,63,64)(H,65,66,67)(H,68,69,70)(H,71,72,73)(H,74,75,76)(H,77,78,79)(H,80,81,82)(H,83,84,85)(H,86,87,88)/t17-,18-,19-,20-,21-,22-,23-,24-,25+,26+,27+,28+,29-,30+,31-,32-,35+,36+/m0/s1. The first-order valence-corrected chi connectivity index (χ1v) is 52.6. The maximum absolute atomic E-state index is 14.0. The molecule has 2 amide bonds. The number of carbonyl (C=O) groups is 2. The zero-order valence-electron chi connectivity index (χ0n) is 59.4. The van der Waals surface area contributed by atoms with E-state index in [0.717, 1.165) is 0 Å². The van der Waals surface area contributed by atoms with Gasteiger partial charge in [-0.3, -0.25) is 82.4 Å². The largest absolute Gasteiger partial charge is 0.398 e. The van der Waals surface area contributed by atoms with Crippen molar-refractivity contribution >= 4 is 178 Å². The molecular weight excluding hydrogens is 2090 g/mol. The average molecular weight is 2160 g/mol. The van der Waals surface area contributed by atoms with Gasteiger partial charge in [-0.25, -0.2) is 66.9 Å². The van der Waals surface area contributed by atoms with Crippen molar-refractivity contribution in [3.05, 3.63) is 0 Å². The van der Waals surface area contributed by atoms with Crippen molar-refractivity contribution < 1.29 is 303 Å². The first-order valence-electron chi connectivity index (χ1n) is 30.8. The monoisotopic (exact) mass is 2160 g/mol. The van der Waals surface area contributed by atoms with Crippen LogP contribution < -0.4 is 10.6 Å². The van der Waals surface area contributed by atoms with Gasteiger partial charge in [0.15, 0.2) is 37.0 Å². The maximum Gasteiger partial charge on any atom is 0.398 e. The van der Waals surface area contributed by atoms with Crippen LogP contribution in [-0.4, -0.2) is 369 Å². The van der Waals surface area contributed by atoms with Crippen LogP contribution in [0.3, 0.4) is 0 Å². The van der Waals surface area contributed by atoms with Crippen LogP contribution in [0.5, 0.6) is 0 Å². The maximum atomic E-state index is 14.0. The third-order valence-electron chi connectivity index (χ3n) is 13.8. The SMILES string of the molecule is O=C(NCCCCCCCCCCCCNC(=O)[C@H](OS(=O)(=O)O)[C@H](OS(=O)(=O)O)[C@@H](O[C@H]1O[C@@H](COS(=O)(=O)O)[C@H](OS(=O)(=O)O)[C@@H](OS(=O)(=O)O)[C@@H]1OS(=O)(=O)O)[C@H](COS(=O)(=O)O)OS(=O)(=O)O)[C@@H](OS(=O)(=O)O)[C@H](OS(=O)(=O)O)[C@@H](O[C@H]1O[C@@H](COS(=O)(=O)O)[C@H](OS(=O)(=O)O)[C@@H](OS(=O)(=O)O)[C@@H]1OS(=O)(=O)O)[C@H](COS(=O)(=O)O)OS(=O)(=O)O. The molecule has 2 aliphatic rings. The van der Waals surface area contributed by atoms with Gasteiger partial charge in [0, 0.05) is 13.1 Å². The molecule has 124 heavy (non-hydrogen) atoms. The predicted octanol–water partition coefficient (Wildman–Crippen LogP) is -11.1. The van der Waals surface area contributed by atoms with Crippen molar-refractivity contribution in [1.29, 1.82) is 0 Å². The van der Waals surface area contributed by atoms with Crippen LogP contribution in [0.15, 0.2) is 0 Å². The van der Waals surface area contributed by atoms with Crippen molar-refractivity contribution in [1.82, 2.24) is 10.6 Å². The van der Waals surface area contributed by atoms with Gasteiger partial charge in [0.25, 0.3) is 11.8 Å². The predicted molar refractivity (Wildman–Crippen MR) is 366 cm³/mol. The average Bonchev–Trinajstić information content (AvgIpc) is 0.765. The normalized spacial score (nSPS) is 23.4. The molecule has 88 heteroatoms. The summed E-state index contributed by atoms with van der Waals surface area (Å²) in [6.07, 6.45) is -66.3. The summed E-state index contributed by atoms with van der Waals surface area (Å²) in [5, 5.41) is 3.53. The van der Waals surface area contributed by atoms with Gasteiger partial charge in [-0.15, -0.1) is 0 Å². The third-order valence-corrected chi connectivity index (χ3v) is 21.1. The fraction of sp³-hybridized carbons (Fsp3) is 0.944. The van der Waals surface area contributed by atoms with Crippen molar-refractivity contribution in [2.75, 3.05) is 39.5 Å². The Morgan fingerprint density at radius 3 is 0.685 bits per heavy atom. The second-order valence-corrected chi connectivity index (χ2v) is 40.1. The summed E-state index contributed by atoms with van der Waals surface area (Å²) in [6.45, 7) is -11.0. The molecule has 0 aromatic heterocycles. The highest BCUT2D eigenvalue weighted by Crippen LogP contribution is 2.38. The van der Waals surface area contributed by atoms with Crippen LogP contribution in [0, 0.1) is 0 Å². The minimum Gasteiger partial charge on any atom is -0.354 e. The Morgan fingerprint density at radius 2 is 0.468 bits per heavy atom. The second kappa shape index (κ2) is 46.4. The van der Waals surface area contributed by atoms with Gasteiger partial charge in [0.2, 0.25) is 0 Å². The number of hydrogen-bond acceptors (Lipinski definition) is 54. The molecule has 18 atom stereocenters. The highest BCUT2D eigenvalue weighted by molar-refractivity contribution is 7.84. The number of rotatable bonds is 61. The first-order chi connectivity index (χ1) is 55.3. The molecule has 0 aromatic rings. The molecule has 0 saturated carbocycles. The molecule has 0 bridgehead atoms. The third kappa shape index (κ3) is 52.1. The molecule has 2 saturated heterocycles. The first kappa shape index (κ1) is 117. The van der Waals surface area contributed by atoms with Crippen LogP contribution in [0.25, 0.3) is 0 Å². The lowest BCUT2D eigenvalue weighted by molar-refractivity contribution is -0.312. The van der Waals surface area contributed by atoms with E-state index in [1.54, 1.807) is 10.6 Å². The molecule has 2 aliphatic heterocycles. The van der Waals surface area contributed by atoms with E-state index in [9.17, 15) is 217 Å². The lowest BCUT2D eigenvalue weighted by atomic mass is 9.98. The van der Waals surface area contributed by atoms with Crippen molar-refractivity contribution in [2.45, 2.75) is 174 Å². The van der Waals surface area contributed by atoms with E-state index < -0.39 is 328 Å². The highest BCUT2D eigenvalue weighted by Gasteiger charge is 2.60. The lowest BCUT2D eigenvalue weighted by Gasteiger charge is -2.45. The molecule has 0 radical (unpaired) electrons. The fourth-order valence-corrected chi connectivity index (χ4v) is 17.0. The minimum absolute atomic E-state index is 0.0777. The summed E-state index contributed by atoms with van der Waals surface area (Å²) in [4.78, 5) is 27.9. The summed E-state index contributed by atoms with van der Waals surface area (Å²) in [7, 11) is -102. The van der Waals surface area contributed by atoms with Gasteiger partial charge in [-0.2, -0.15) is 135 Å². The van der Waals surface area contributed by atoms with Crippen molar-refractivity contribution in [2.24, 2.45) is 0 Å². The number of nitrogens with one attached hydrogen (secondary N) is 2. The quantitative estimate of drug-likeness (QED) is 0.0199. The topological polar surface area (TPSA) is 1110 Å². The lowest BCUT2D eigenvalue weighted by Crippen LogP contribution is -2.65. The van der Waals surface area contributed by atoms with Gasteiger partial charge < -0.3 is 29.6 Å². The Hall–Kier alpha value is -3.30. The number of amides is 2. The van der Waals surface area contributed by atoms with Crippen molar-refractivity contribution in [3.8, 4) is 0 Å². The number of carbonyl (C=O) groups excluding carboxylic acids is 2.